The van der Waals surface area contributed by atoms with Crippen LogP contribution in [0, 0.1) is 0 Å². The lowest BCUT2D eigenvalue weighted by molar-refractivity contribution is -0.910. The zero-order valence-corrected chi connectivity index (χ0v) is 24.6. The fraction of sp³-hybridized carbons (Fsp3) is 1.00. The number of aliphatic hydroxyl groups excluding tert-OH is 1. The fourth-order valence-electron chi connectivity index (χ4n) is 5.38. The Labute approximate surface area is 217 Å². The minimum Gasteiger partial charge on any atom is -0.393 e. The van der Waals surface area contributed by atoms with Gasteiger partial charge in [0.1, 0.15) is 0 Å². The van der Waals surface area contributed by atoms with Crippen LogP contribution in [0.5, 0.6) is 0 Å². The zero-order valence-electron chi connectivity index (χ0n) is 24.6. The molecule has 0 amide bonds. The number of unbranched alkanes of at least 4 members (excludes halogenated alkanes) is 20. The molecule has 0 saturated heterocycles. The van der Waals surface area contributed by atoms with Gasteiger partial charge < -0.3 is 9.59 Å². The highest BCUT2D eigenvalue weighted by molar-refractivity contribution is 4.53. The van der Waals surface area contributed by atoms with Crippen LogP contribution >= 0.6 is 0 Å². The Hall–Kier alpha value is -0.0800. The molecule has 0 aromatic carbocycles. The average molecular weight is 483 g/mol. The van der Waals surface area contributed by atoms with E-state index in [0.29, 0.717) is 0 Å². The van der Waals surface area contributed by atoms with Gasteiger partial charge in [0.2, 0.25) is 0 Å². The third-order valence-electron chi connectivity index (χ3n) is 7.92. The van der Waals surface area contributed by atoms with Crippen molar-refractivity contribution in [2.45, 2.75) is 181 Å². The largest absolute Gasteiger partial charge is 0.393 e. The van der Waals surface area contributed by atoms with Gasteiger partial charge in [0.25, 0.3) is 0 Å². The lowest BCUT2D eigenvalue weighted by Crippen LogP contribution is -2.46. The van der Waals surface area contributed by atoms with Gasteiger partial charge in [-0.05, 0) is 45.4 Å². The maximum absolute atomic E-state index is 9.38. The van der Waals surface area contributed by atoms with Gasteiger partial charge in [0, 0.05) is 0 Å². The van der Waals surface area contributed by atoms with Gasteiger partial charge >= 0.3 is 0 Å². The van der Waals surface area contributed by atoms with Crippen LogP contribution in [0.25, 0.3) is 0 Å². The standard InChI is InChI=1S/C32H68NO/c1-5-7-9-10-11-12-13-14-15-16-17-18-19-20-23-26-30-33(4,29-8-6-2)31-27-24-21-22-25-28-32(3)34/h32,34H,5-31H2,1-4H3/q+1/t32-,33?/m0/s1. The van der Waals surface area contributed by atoms with E-state index in [1.165, 1.54) is 172 Å². The summed E-state index contributed by atoms with van der Waals surface area (Å²) in [5.74, 6) is 0. The smallest absolute Gasteiger partial charge is 0.0784 e. The van der Waals surface area contributed by atoms with E-state index in [-0.39, 0.29) is 6.10 Å². The van der Waals surface area contributed by atoms with E-state index in [9.17, 15) is 5.11 Å². The van der Waals surface area contributed by atoms with Gasteiger partial charge in [-0.3, -0.25) is 0 Å². The van der Waals surface area contributed by atoms with E-state index >= 15 is 0 Å². The van der Waals surface area contributed by atoms with E-state index in [0.717, 1.165) is 6.42 Å². The van der Waals surface area contributed by atoms with Crippen LogP contribution in [0.1, 0.15) is 175 Å². The Bertz CT molecular complexity index is 383. The first kappa shape index (κ1) is 33.9. The van der Waals surface area contributed by atoms with E-state index in [4.69, 9.17) is 0 Å². The van der Waals surface area contributed by atoms with Crippen LogP contribution in [0.2, 0.25) is 0 Å². The van der Waals surface area contributed by atoms with E-state index in [1.54, 1.807) is 0 Å². The molecule has 0 rings (SSSR count). The van der Waals surface area contributed by atoms with Gasteiger partial charge in [0.05, 0.1) is 32.8 Å². The van der Waals surface area contributed by atoms with E-state index in [1.807, 2.05) is 6.92 Å². The highest BCUT2D eigenvalue weighted by Gasteiger charge is 2.19. The topological polar surface area (TPSA) is 20.2 Å². The maximum Gasteiger partial charge on any atom is 0.0784 e. The number of hydrogen-bond acceptors (Lipinski definition) is 1. The average Bonchev–Trinajstić information content (AvgIpc) is 2.82. The zero-order chi connectivity index (χ0) is 25.2. The van der Waals surface area contributed by atoms with Crippen molar-refractivity contribution in [3.05, 3.63) is 0 Å². The van der Waals surface area contributed by atoms with Gasteiger partial charge in [-0.2, -0.15) is 0 Å². The molecule has 2 heteroatoms. The minimum absolute atomic E-state index is 0.117. The van der Waals surface area contributed by atoms with Gasteiger partial charge in [-0.1, -0.05) is 129 Å². The molecular weight excluding hydrogens is 414 g/mol. The Morgan fingerprint density at radius 3 is 1.09 bits per heavy atom. The fourth-order valence-corrected chi connectivity index (χ4v) is 5.38. The van der Waals surface area contributed by atoms with Crippen LogP contribution in [0.15, 0.2) is 0 Å². The molecule has 0 aliphatic rings. The van der Waals surface area contributed by atoms with Crippen molar-refractivity contribution < 1.29 is 9.59 Å². The Kier molecular flexibility index (Phi) is 25.9. The van der Waals surface area contributed by atoms with Crippen LogP contribution in [-0.2, 0) is 0 Å². The molecule has 0 spiro atoms. The van der Waals surface area contributed by atoms with Crippen molar-refractivity contribution in [3.63, 3.8) is 0 Å². The van der Waals surface area contributed by atoms with Crippen LogP contribution in [0.4, 0.5) is 0 Å². The SMILES string of the molecule is CCCCCCCCCCCCCCCCCC[N+](C)(CCCC)CCCCCCC[C@H](C)O. The molecule has 0 bridgehead atoms. The van der Waals surface area contributed by atoms with Crippen LogP contribution < -0.4 is 0 Å². The van der Waals surface area contributed by atoms with Gasteiger partial charge in [-0.25, -0.2) is 0 Å². The van der Waals surface area contributed by atoms with Crippen molar-refractivity contribution in [2.75, 3.05) is 26.7 Å². The summed E-state index contributed by atoms with van der Waals surface area (Å²) in [4.78, 5) is 0. The summed E-state index contributed by atoms with van der Waals surface area (Å²) < 4.78 is 1.31. The second kappa shape index (κ2) is 26.0. The molecule has 34 heavy (non-hydrogen) atoms. The number of aliphatic hydroxyl groups is 1. The Balaban J connectivity index is 3.61. The number of quaternary nitrogens is 1. The maximum atomic E-state index is 9.38. The monoisotopic (exact) mass is 483 g/mol. The molecule has 2 nitrogen and oxygen atoms in total. The first-order valence-electron chi connectivity index (χ1n) is 16.1. The number of rotatable bonds is 28. The molecular formula is C32H68NO+. The summed E-state index contributed by atoms with van der Waals surface area (Å²) in [6.07, 6.45) is 33.4. The molecule has 2 atom stereocenters. The van der Waals surface area contributed by atoms with Gasteiger partial charge in [0.15, 0.2) is 0 Å². The normalized spacial score (nSPS) is 14.4. The van der Waals surface area contributed by atoms with E-state index < -0.39 is 0 Å². The molecule has 0 aliphatic carbocycles. The number of hydrogen-bond donors (Lipinski definition) is 1. The molecule has 0 saturated carbocycles. The highest BCUT2D eigenvalue weighted by Crippen LogP contribution is 2.16. The first-order chi connectivity index (χ1) is 16.5. The highest BCUT2D eigenvalue weighted by atomic mass is 16.3. The molecule has 206 valence electrons. The first-order valence-corrected chi connectivity index (χ1v) is 16.1. The van der Waals surface area contributed by atoms with Crippen LogP contribution in [0.3, 0.4) is 0 Å². The summed E-state index contributed by atoms with van der Waals surface area (Å²) in [5, 5.41) is 9.38. The van der Waals surface area contributed by atoms with Crippen molar-refractivity contribution in [2.24, 2.45) is 0 Å². The molecule has 0 aliphatic heterocycles. The second-order valence-corrected chi connectivity index (χ2v) is 11.9. The summed E-state index contributed by atoms with van der Waals surface area (Å²) in [5.41, 5.74) is 0. The van der Waals surface area contributed by atoms with Crippen molar-refractivity contribution in [3.8, 4) is 0 Å². The van der Waals surface area contributed by atoms with Crippen LogP contribution in [-0.4, -0.2) is 42.4 Å². The molecule has 0 fully saturated rings. The third kappa shape index (κ3) is 25.0. The van der Waals surface area contributed by atoms with Crippen molar-refractivity contribution >= 4 is 0 Å². The number of nitrogens with zero attached hydrogens (tertiary/aromatic N) is 1. The summed E-state index contributed by atoms with van der Waals surface area (Å²) >= 11 is 0. The molecule has 0 radical (unpaired) electrons. The molecule has 1 unspecified atom stereocenters. The second-order valence-electron chi connectivity index (χ2n) is 11.9. The summed E-state index contributed by atoms with van der Waals surface area (Å²) in [6.45, 7) is 10.7. The quantitative estimate of drug-likeness (QED) is 0.0868. The summed E-state index contributed by atoms with van der Waals surface area (Å²) in [6, 6.07) is 0. The molecule has 0 aromatic rings. The summed E-state index contributed by atoms with van der Waals surface area (Å²) in [7, 11) is 2.52. The van der Waals surface area contributed by atoms with Gasteiger partial charge in [-0.15, -0.1) is 0 Å². The van der Waals surface area contributed by atoms with E-state index in [2.05, 4.69) is 20.9 Å². The Morgan fingerprint density at radius 2 is 0.735 bits per heavy atom. The predicted octanol–water partition coefficient (Wildman–Crippen LogP) is 10.2. The molecule has 0 heterocycles. The lowest BCUT2D eigenvalue weighted by Gasteiger charge is -2.35. The van der Waals surface area contributed by atoms with Crippen molar-refractivity contribution in [1.29, 1.82) is 0 Å². The third-order valence-corrected chi connectivity index (χ3v) is 7.92. The Morgan fingerprint density at radius 1 is 0.441 bits per heavy atom. The molecule has 0 aromatic heterocycles. The van der Waals surface area contributed by atoms with Crippen molar-refractivity contribution in [1.82, 2.24) is 0 Å². The minimum atomic E-state index is -0.117. The predicted molar refractivity (Wildman–Crippen MR) is 155 cm³/mol. The molecule has 1 N–H and O–H groups in total. The lowest BCUT2D eigenvalue weighted by atomic mass is 10.0.